The quantitative estimate of drug-likeness (QED) is 0.343. The zero-order valence-electron chi connectivity index (χ0n) is 16.2. The molecule has 0 aromatic carbocycles. The van der Waals surface area contributed by atoms with Crippen LogP contribution in [0.15, 0.2) is 34.1 Å². The average Bonchev–Trinajstić information content (AvgIpc) is 2.75. The Kier molecular flexibility index (Phi) is 7.11. The van der Waals surface area contributed by atoms with Crippen molar-refractivity contribution in [3.63, 3.8) is 0 Å². The van der Waals surface area contributed by atoms with Crippen LogP contribution in [0, 0.1) is 0 Å². The number of aliphatic hydroxyl groups excluding tert-OH is 1. The van der Waals surface area contributed by atoms with Gasteiger partial charge in [-0.2, -0.15) is 0 Å². The lowest BCUT2D eigenvalue weighted by atomic mass is 10.3. The monoisotopic (exact) mass is 400 g/mol. The summed E-state index contributed by atoms with van der Waals surface area (Å²) in [5.74, 6) is 0.379. The van der Waals surface area contributed by atoms with E-state index in [1.165, 1.54) is 11.6 Å². The normalized spacial score (nSPS) is 11.2. The molecule has 154 valence electrons. The molecule has 3 aromatic rings. The summed E-state index contributed by atoms with van der Waals surface area (Å²) in [5.41, 5.74) is 0.0729. The number of hydrogen-bond donors (Lipinski definition) is 3. The molecule has 0 aliphatic carbocycles. The highest BCUT2D eigenvalue weighted by molar-refractivity contribution is 5.68. The number of rotatable bonds is 10. The van der Waals surface area contributed by atoms with Crippen molar-refractivity contribution in [2.45, 2.75) is 19.5 Å². The Morgan fingerprint density at radius 3 is 2.72 bits per heavy atom. The highest BCUT2D eigenvalue weighted by Crippen LogP contribution is 2.05. The minimum absolute atomic E-state index is 0.104. The predicted molar refractivity (Wildman–Crippen MR) is 106 cm³/mol. The van der Waals surface area contributed by atoms with Crippen molar-refractivity contribution in [1.29, 1.82) is 0 Å². The van der Waals surface area contributed by atoms with E-state index in [4.69, 9.17) is 5.11 Å². The number of hydrogen-bond acceptors (Lipinski definition) is 9. The Labute approximate surface area is 166 Å². The maximum absolute atomic E-state index is 12.6. The van der Waals surface area contributed by atoms with Crippen molar-refractivity contribution >= 4 is 11.2 Å². The van der Waals surface area contributed by atoms with E-state index in [1.807, 2.05) is 6.07 Å². The van der Waals surface area contributed by atoms with Crippen molar-refractivity contribution < 1.29 is 5.11 Å². The molecule has 0 atom stereocenters. The van der Waals surface area contributed by atoms with Crippen LogP contribution in [0.2, 0.25) is 0 Å². The molecule has 3 N–H and O–H groups in total. The Hall–Kier alpha value is -3.02. The molecule has 0 aliphatic rings. The third kappa shape index (κ3) is 5.08. The van der Waals surface area contributed by atoms with E-state index in [0.717, 1.165) is 29.6 Å². The molecule has 0 aliphatic heterocycles. The highest BCUT2D eigenvalue weighted by atomic mass is 16.3. The first-order valence-corrected chi connectivity index (χ1v) is 9.36. The van der Waals surface area contributed by atoms with Gasteiger partial charge in [0.15, 0.2) is 17.0 Å². The van der Waals surface area contributed by atoms with Gasteiger partial charge in [-0.3, -0.25) is 18.9 Å². The van der Waals surface area contributed by atoms with E-state index in [9.17, 15) is 9.59 Å². The van der Waals surface area contributed by atoms with Gasteiger partial charge in [0.2, 0.25) is 0 Å². The van der Waals surface area contributed by atoms with Gasteiger partial charge in [-0.1, -0.05) is 6.07 Å². The second-order valence-electron chi connectivity index (χ2n) is 6.50. The highest BCUT2D eigenvalue weighted by Gasteiger charge is 2.15. The van der Waals surface area contributed by atoms with Gasteiger partial charge >= 0.3 is 5.69 Å². The Morgan fingerprint density at radius 2 is 1.97 bits per heavy atom. The molecule has 0 fully saturated rings. The summed E-state index contributed by atoms with van der Waals surface area (Å²) in [7, 11) is 1.42. The maximum Gasteiger partial charge on any atom is 0.332 e. The summed E-state index contributed by atoms with van der Waals surface area (Å²) in [4.78, 5) is 33.5. The minimum atomic E-state index is -0.503. The molecule has 0 saturated carbocycles. The zero-order chi connectivity index (χ0) is 20.6. The van der Waals surface area contributed by atoms with E-state index in [1.54, 1.807) is 18.5 Å². The fraction of sp³-hybridized carbons (Fsp3) is 0.444. The Morgan fingerprint density at radius 1 is 1.14 bits per heavy atom. The largest absolute Gasteiger partial charge is 0.395 e. The predicted octanol–water partition coefficient (Wildman–Crippen LogP) is -1.61. The smallest absolute Gasteiger partial charge is 0.332 e. The maximum atomic E-state index is 12.6. The van der Waals surface area contributed by atoms with Crippen LogP contribution in [0.25, 0.3) is 11.2 Å². The average molecular weight is 400 g/mol. The van der Waals surface area contributed by atoms with Gasteiger partial charge < -0.3 is 15.7 Å². The van der Waals surface area contributed by atoms with Gasteiger partial charge in [-0.15, -0.1) is 10.2 Å². The lowest BCUT2D eigenvalue weighted by molar-refractivity contribution is 0.292. The van der Waals surface area contributed by atoms with Gasteiger partial charge in [0.1, 0.15) is 0 Å². The van der Waals surface area contributed by atoms with E-state index in [0.29, 0.717) is 18.9 Å². The number of fused-ring (bicyclic) bond motifs is 1. The lowest BCUT2D eigenvalue weighted by Crippen LogP contribution is -2.39. The van der Waals surface area contributed by atoms with E-state index < -0.39 is 11.2 Å². The first kappa shape index (κ1) is 20.7. The van der Waals surface area contributed by atoms with Gasteiger partial charge in [0.05, 0.1) is 19.7 Å². The van der Waals surface area contributed by atoms with Gasteiger partial charge in [0, 0.05) is 26.0 Å². The molecule has 11 nitrogen and oxygen atoms in total. The van der Waals surface area contributed by atoms with E-state index >= 15 is 0 Å². The van der Waals surface area contributed by atoms with Crippen molar-refractivity contribution in [1.82, 2.24) is 39.9 Å². The summed E-state index contributed by atoms with van der Waals surface area (Å²) in [5, 5.41) is 23.2. The van der Waals surface area contributed by atoms with Crippen molar-refractivity contribution in [3.8, 4) is 0 Å². The summed E-state index contributed by atoms with van der Waals surface area (Å²) >= 11 is 0. The van der Waals surface area contributed by atoms with E-state index in [-0.39, 0.29) is 24.3 Å². The molecule has 0 amide bonds. The van der Waals surface area contributed by atoms with Crippen LogP contribution >= 0.6 is 0 Å². The third-order valence-electron chi connectivity index (χ3n) is 4.34. The van der Waals surface area contributed by atoms with Gasteiger partial charge in [-0.05, 0) is 31.1 Å². The molecule has 0 bridgehead atoms. The Bertz CT molecular complexity index is 1060. The Balaban J connectivity index is 1.79. The van der Waals surface area contributed by atoms with Gasteiger partial charge in [0.25, 0.3) is 5.56 Å². The van der Waals surface area contributed by atoms with Gasteiger partial charge in [-0.25, -0.2) is 9.78 Å². The minimum Gasteiger partial charge on any atom is -0.395 e. The molecule has 3 heterocycles. The number of pyridine rings is 1. The topological polar surface area (TPSA) is 140 Å². The zero-order valence-corrected chi connectivity index (χ0v) is 16.2. The third-order valence-corrected chi connectivity index (χ3v) is 4.34. The fourth-order valence-electron chi connectivity index (χ4n) is 2.83. The fourth-order valence-corrected chi connectivity index (χ4v) is 2.83. The van der Waals surface area contributed by atoms with Crippen LogP contribution < -0.4 is 21.9 Å². The molecule has 29 heavy (non-hydrogen) atoms. The van der Waals surface area contributed by atoms with Crippen LogP contribution in [-0.4, -0.2) is 60.6 Å². The first-order chi connectivity index (χ1) is 14.1. The molecule has 11 heteroatoms. The number of aromatic nitrogens is 6. The SMILES string of the molecule is Cn1c(=O)c2nc(CNCCCNCCO)nnc2n(Cc2cccnc2)c1=O. The summed E-state index contributed by atoms with van der Waals surface area (Å²) in [6, 6.07) is 3.61. The number of aliphatic hydroxyl groups is 1. The van der Waals surface area contributed by atoms with Crippen molar-refractivity contribution in [2.24, 2.45) is 7.05 Å². The molecule has 3 aromatic heterocycles. The first-order valence-electron chi connectivity index (χ1n) is 9.36. The molecule has 0 unspecified atom stereocenters. The lowest BCUT2D eigenvalue weighted by Gasteiger charge is -2.11. The molecular weight excluding hydrogens is 376 g/mol. The molecule has 0 radical (unpaired) electrons. The van der Waals surface area contributed by atoms with Crippen LogP contribution in [0.3, 0.4) is 0 Å². The van der Waals surface area contributed by atoms with Crippen LogP contribution in [0.1, 0.15) is 17.8 Å². The standard InChI is InChI=1S/C18H24N8O3/c1-25-17(28)15-16(26(18(25)29)12-13-4-2-5-20-10-13)24-23-14(22-15)11-21-7-3-6-19-8-9-27/h2,4-5,10,19,21,27H,3,6-9,11-12H2,1H3. The summed E-state index contributed by atoms with van der Waals surface area (Å²) < 4.78 is 2.40. The van der Waals surface area contributed by atoms with Crippen LogP contribution in [-0.2, 0) is 20.1 Å². The van der Waals surface area contributed by atoms with Crippen molar-refractivity contribution in [2.75, 3.05) is 26.2 Å². The van der Waals surface area contributed by atoms with Crippen LogP contribution in [0.5, 0.6) is 0 Å². The van der Waals surface area contributed by atoms with Crippen LogP contribution in [0.4, 0.5) is 0 Å². The second kappa shape index (κ2) is 9.96. The van der Waals surface area contributed by atoms with E-state index in [2.05, 4.69) is 30.8 Å². The molecule has 0 saturated heterocycles. The number of nitrogens with zero attached hydrogens (tertiary/aromatic N) is 6. The molecule has 3 rings (SSSR count). The number of nitrogens with one attached hydrogen (secondary N) is 2. The summed E-state index contributed by atoms with van der Waals surface area (Å²) in [6.07, 6.45) is 4.17. The molecular formula is C18H24N8O3. The summed E-state index contributed by atoms with van der Waals surface area (Å²) in [6.45, 7) is 2.76. The second-order valence-corrected chi connectivity index (χ2v) is 6.50. The van der Waals surface area contributed by atoms with Crippen molar-refractivity contribution in [3.05, 3.63) is 56.8 Å². The molecule has 0 spiro atoms.